The molecule has 0 radical (unpaired) electrons. The highest BCUT2D eigenvalue weighted by Gasteiger charge is 2.46. The minimum absolute atomic E-state index is 0.125. The van der Waals surface area contributed by atoms with Crippen LogP contribution in [0, 0.1) is 0 Å². The molecular formula is C26H39N3O6. The van der Waals surface area contributed by atoms with Gasteiger partial charge in [-0.05, 0) is 58.1 Å². The smallest absolute Gasteiger partial charge is 0.410 e. The standard InChI is InChI=1S/C26H39N3O6/c1-25(2,3)35-24(32)28(5)18-22(30)29-15-17-34-26(19-29)13-9-8-11-20-10-6-7-12-21(20)33-16-14-27(4)23(26)31/h6-7,10,12H,8-9,11,13-19H2,1-5H3. The van der Waals surface area contributed by atoms with Gasteiger partial charge in [0.1, 0.15) is 24.5 Å². The van der Waals surface area contributed by atoms with Crippen molar-refractivity contribution in [3.63, 3.8) is 0 Å². The van der Waals surface area contributed by atoms with Gasteiger partial charge in [0.2, 0.25) is 5.91 Å². The molecule has 3 amide bonds. The number of rotatable bonds is 2. The van der Waals surface area contributed by atoms with E-state index in [0.717, 1.165) is 30.6 Å². The van der Waals surface area contributed by atoms with Gasteiger partial charge in [-0.2, -0.15) is 0 Å². The molecule has 0 bridgehead atoms. The first-order chi connectivity index (χ1) is 16.5. The summed E-state index contributed by atoms with van der Waals surface area (Å²) >= 11 is 0. The second-order valence-electron chi connectivity index (χ2n) is 10.4. The minimum atomic E-state index is -1.11. The van der Waals surface area contributed by atoms with Gasteiger partial charge >= 0.3 is 6.09 Å². The number of benzene rings is 1. The van der Waals surface area contributed by atoms with Crippen LogP contribution in [0.3, 0.4) is 0 Å². The van der Waals surface area contributed by atoms with Crippen molar-refractivity contribution in [2.45, 2.75) is 57.7 Å². The van der Waals surface area contributed by atoms with E-state index < -0.39 is 17.3 Å². The first-order valence-corrected chi connectivity index (χ1v) is 12.3. The Morgan fingerprint density at radius 1 is 1.14 bits per heavy atom. The lowest BCUT2D eigenvalue weighted by Gasteiger charge is -2.43. The largest absolute Gasteiger partial charge is 0.491 e. The lowest BCUT2D eigenvalue weighted by molar-refractivity contribution is -0.175. The van der Waals surface area contributed by atoms with Crippen LogP contribution in [0.1, 0.15) is 45.6 Å². The molecule has 1 fully saturated rings. The van der Waals surface area contributed by atoms with Crippen LogP contribution in [0.4, 0.5) is 4.79 Å². The van der Waals surface area contributed by atoms with Crippen LogP contribution in [-0.4, -0.2) is 97.3 Å². The zero-order valence-electron chi connectivity index (χ0n) is 21.7. The quantitative estimate of drug-likeness (QED) is 0.635. The van der Waals surface area contributed by atoms with E-state index in [9.17, 15) is 14.4 Å². The van der Waals surface area contributed by atoms with Crippen molar-refractivity contribution in [2.24, 2.45) is 0 Å². The van der Waals surface area contributed by atoms with E-state index in [0.29, 0.717) is 26.1 Å². The molecule has 2 heterocycles. The maximum absolute atomic E-state index is 13.6. The molecule has 194 valence electrons. The summed E-state index contributed by atoms with van der Waals surface area (Å²) in [6, 6.07) is 8.00. The van der Waals surface area contributed by atoms with Crippen LogP contribution in [0.15, 0.2) is 24.3 Å². The Balaban J connectivity index is 1.70. The van der Waals surface area contributed by atoms with Crippen molar-refractivity contribution in [1.29, 1.82) is 0 Å². The summed E-state index contributed by atoms with van der Waals surface area (Å²) in [5.74, 6) is 0.483. The molecule has 9 nitrogen and oxygen atoms in total. The van der Waals surface area contributed by atoms with Gasteiger partial charge < -0.3 is 28.9 Å². The average Bonchev–Trinajstić information content (AvgIpc) is 2.80. The molecule has 0 aromatic heterocycles. The highest BCUT2D eigenvalue weighted by molar-refractivity contribution is 5.88. The monoisotopic (exact) mass is 489 g/mol. The Kier molecular flexibility index (Phi) is 8.64. The number of fused-ring (bicyclic) bond motifs is 1. The van der Waals surface area contributed by atoms with Gasteiger partial charge in [-0.3, -0.25) is 9.59 Å². The van der Waals surface area contributed by atoms with Gasteiger partial charge in [0, 0.05) is 20.6 Å². The van der Waals surface area contributed by atoms with E-state index in [1.807, 2.05) is 18.2 Å². The molecule has 1 aromatic rings. The third kappa shape index (κ3) is 7.10. The first kappa shape index (κ1) is 26.8. The van der Waals surface area contributed by atoms with Crippen LogP contribution in [0.2, 0.25) is 0 Å². The molecule has 2 aliphatic heterocycles. The third-order valence-electron chi connectivity index (χ3n) is 6.29. The second kappa shape index (κ2) is 11.3. The van der Waals surface area contributed by atoms with E-state index in [4.69, 9.17) is 14.2 Å². The SMILES string of the molecule is CN(CC(=O)N1CCOC2(CCCCc3ccccc3OCCN(C)C2=O)C1)C(=O)OC(C)(C)C. The zero-order chi connectivity index (χ0) is 25.6. The molecule has 9 heteroatoms. The maximum Gasteiger partial charge on any atom is 0.410 e. The van der Waals surface area contributed by atoms with Gasteiger partial charge in [-0.25, -0.2) is 4.79 Å². The normalized spacial score (nSPS) is 21.9. The number of carbonyl (C=O) groups is 3. The van der Waals surface area contributed by atoms with Crippen LogP contribution >= 0.6 is 0 Å². The summed E-state index contributed by atoms with van der Waals surface area (Å²) in [4.78, 5) is 43.5. The topological polar surface area (TPSA) is 88.6 Å². The molecule has 2 aliphatic rings. The van der Waals surface area contributed by atoms with Gasteiger partial charge in [0.05, 0.1) is 19.7 Å². The lowest BCUT2D eigenvalue weighted by Crippen LogP contribution is -2.62. The van der Waals surface area contributed by atoms with Crippen molar-refractivity contribution in [3.05, 3.63) is 29.8 Å². The first-order valence-electron chi connectivity index (χ1n) is 12.3. The molecule has 1 unspecified atom stereocenters. The zero-order valence-corrected chi connectivity index (χ0v) is 21.7. The van der Waals surface area contributed by atoms with Crippen LogP contribution in [-0.2, 0) is 25.5 Å². The molecule has 0 N–H and O–H groups in total. The Bertz CT molecular complexity index is 915. The summed E-state index contributed by atoms with van der Waals surface area (Å²) in [5.41, 5.74) is -0.597. The summed E-state index contributed by atoms with van der Waals surface area (Å²) in [6.45, 7) is 6.79. The van der Waals surface area contributed by atoms with Gasteiger partial charge in [-0.15, -0.1) is 0 Å². The molecule has 1 spiro atoms. The summed E-state index contributed by atoms with van der Waals surface area (Å²) in [7, 11) is 3.28. The van der Waals surface area contributed by atoms with E-state index >= 15 is 0 Å². The maximum atomic E-state index is 13.6. The number of morpholine rings is 1. The molecule has 1 saturated heterocycles. The van der Waals surface area contributed by atoms with Crippen molar-refractivity contribution < 1.29 is 28.6 Å². The highest BCUT2D eigenvalue weighted by Crippen LogP contribution is 2.29. The fraction of sp³-hybridized carbons (Fsp3) is 0.654. The fourth-order valence-corrected chi connectivity index (χ4v) is 4.41. The molecule has 3 rings (SSSR count). The average molecular weight is 490 g/mol. The number of nitrogens with zero attached hydrogens (tertiary/aromatic N) is 3. The highest BCUT2D eigenvalue weighted by atomic mass is 16.6. The van der Waals surface area contributed by atoms with E-state index in [2.05, 4.69) is 6.07 Å². The Labute approximate surface area is 208 Å². The van der Waals surface area contributed by atoms with Crippen LogP contribution < -0.4 is 4.74 Å². The van der Waals surface area contributed by atoms with Crippen molar-refractivity contribution in [3.8, 4) is 5.75 Å². The Morgan fingerprint density at radius 2 is 1.89 bits per heavy atom. The van der Waals surface area contributed by atoms with Gasteiger partial charge in [0.15, 0.2) is 5.60 Å². The third-order valence-corrected chi connectivity index (χ3v) is 6.29. The van der Waals surface area contributed by atoms with E-state index in [-0.39, 0.29) is 31.5 Å². The Hall–Kier alpha value is -2.81. The van der Waals surface area contributed by atoms with Crippen LogP contribution in [0.5, 0.6) is 5.75 Å². The number of ether oxygens (including phenoxy) is 3. The van der Waals surface area contributed by atoms with Gasteiger partial charge in [0.25, 0.3) is 5.91 Å². The number of hydrogen-bond acceptors (Lipinski definition) is 6. The number of likely N-dealkylation sites (N-methyl/N-ethyl adjacent to an activating group) is 2. The summed E-state index contributed by atoms with van der Waals surface area (Å²) < 4.78 is 17.4. The molecule has 35 heavy (non-hydrogen) atoms. The number of para-hydroxylation sites is 1. The van der Waals surface area contributed by atoms with E-state index in [1.165, 1.54) is 11.9 Å². The number of carbonyl (C=O) groups excluding carboxylic acids is 3. The molecular weight excluding hydrogens is 450 g/mol. The molecule has 0 saturated carbocycles. The van der Waals surface area contributed by atoms with Crippen molar-refractivity contribution in [1.82, 2.24) is 14.7 Å². The van der Waals surface area contributed by atoms with Gasteiger partial charge in [-0.1, -0.05) is 18.2 Å². The number of hydrogen-bond donors (Lipinski definition) is 0. The lowest BCUT2D eigenvalue weighted by atomic mass is 9.91. The van der Waals surface area contributed by atoms with Crippen LogP contribution in [0.25, 0.3) is 0 Å². The Morgan fingerprint density at radius 3 is 2.63 bits per heavy atom. The predicted molar refractivity (Wildman–Crippen MR) is 131 cm³/mol. The molecule has 0 aliphatic carbocycles. The predicted octanol–water partition coefficient (Wildman–Crippen LogP) is 2.71. The molecule has 1 atom stereocenters. The van der Waals surface area contributed by atoms with Crippen molar-refractivity contribution >= 4 is 17.9 Å². The fourth-order valence-electron chi connectivity index (χ4n) is 4.41. The number of aryl methyl sites for hydroxylation is 1. The summed E-state index contributed by atoms with van der Waals surface area (Å²) in [6.07, 6.45) is 2.45. The summed E-state index contributed by atoms with van der Waals surface area (Å²) in [5, 5.41) is 0. The minimum Gasteiger partial charge on any atom is -0.491 e. The second-order valence-corrected chi connectivity index (χ2v) is 10.4. The van der Waals surface area contributed by atoms with Crippen molar-refractivity contribution in [2.75, 3.05) is 53.5 Å². The number of amides is 3. The van der Waals surface area contributed by atoms with E-state index in [1.54, 1.807) is 37.6 Å². The molecule has 1 aromatic carbocycles.